The molecule has 0 spiro atoms. The van der Waals surface area contributed by atoms with Gasteiger partial charge in [0.1, 0.15) is 12.2 Å². The monoisotopic (exact) mass is 1850 g/mol. The maximum absolute atomic E-state index is 12.9. The van der Waals surface area contributed by atoms with Gasteiger partial charge in [-0.2, -0.15) is 0 Å². The fourth-order valence-corrected chi connectivity index (χ4v) is 12.5. The number of ether oxygens (including phenoxy) is 2. The fraction of sp³-hybridized carbons (Fsp3) is 0.297. The number of rotatable bonds is 41. The Morgan fingerprint density at radius 2 is 0.838 bits per heavy atom. The fourth-order valence-electron chi connectivity index (χ4n) is 12.0. The number of esters is 2. The molecule has 0 bridgehead atoms. The van der Waals surface area contributed by atoms with E-state index in [9.17, 15) is 63.0 Å². The first-order chi connectivity index (χ1) is 62.6. The Kier molecular flexibility index (Phi) is 54.9. The lowest BCUT2D eigenvalue weighted by atomic mass is 9.98. The van der Waals surface area contributed by atoms with Crippen LogP contribution in [0.15, 0.2) is 294 Å². The Morgan fingerprint density at radius 1 is 0.462 bits per heavy atom. The molecule has 8 aromatic carbocycles. The van der Waals surface area contributed by atoms with E-state index in [1.165, 1.54) is 6.08 Å². The summed E-state index contributed by atoms with van der Waals surface area (Å²) in [6.07, 6.45) is 12.9. The summed E-state index contributed by atoms with van der Waals surface area (Å²) in [6.45, 7) is 19.9. The van der Waals surface area contributed by atoms with Crippen molar-refractivity contribution in [3.63, 3.8) is 0 Å². The number of carboxylic acid groups (broad SMARTS) is 2. The number of nitrogens with one attached hydrogen (secondary N) is 7. The molecule has 8 atom stereocenters. The Balaban J connectivity index is 0.000000346. The predicted octanol–water partition coefficient (Wildman–Crippen LogP) is 16.7. The van der Waals surface area contributed by atoms with E-state index >= 15 is 0 Å². The summed E-state index contributed by atoms with van der Waals surface area (Å²) in [4.78, 5) is 132. The largest absolute Gasteiger partial charge is 0.481 e. The summed E-state index contributed by atoms with van der Waals surface area (Å²) in [5.41, 5.74) is 12.1. The lowest BCUT2D eigenvalue weighted by Gasteiger charge is -2.21. The lowest BCUT2D eigenvalue weighted by molar-refractivity contribution is -0.150. The number of aliphatic carboxylic acids is 2. The number of benzene rings is 8. The van der Waals surface area contributed by atoms with Crippen LogP contribution in [-0.4, -0.2) is 112 Å². The van der Waals surface area contributed by atoms with Gasteiger partial charge in [0, 0.05) is 104 Å². The summed E-state index contributed by atoms with van der Waals surface area (Å²) in [5.74, 6) is -6.56. The van der Waals surface area contributed by atoms with Gasteiger partial charge in [-0.15, -0.1) is 32.9 Å². The first-order valence-corrected chi connectivity index (χ1v) is 43.7. The predicted molar refractivity (Wildman–Crippen MR) is 509 cm³/mol. The van der Waals surface area contributed by atoms with Gasteiger partial charge < -0.3 is 72.9 Å². The van der Waals surface area contributed by atoms with Crippen LogP contribution in [0.4, 0.5) is 0 Å². The zero-order valence-corrected chi connectivity index (χ0v) is 75.7. The molecule has 692 valence electrons. The van der Waals surface area contributed by atoms with E-state index < -0.39 is 60.0 Å². The summed E-state index contributed by atoms with van der Waals surface area (Å²) >= 11 is 23.4. The molecule has 1 heterocycles. The number of halogens is 4. The highest BCUT2D eigenvalue weighted by atomic mass is 35.5. The molecule has 0 aliphatic carbocycles. The van der Waals surface area contributed by atoms with Crippen molar-refractivity contribution in [2.24, 2.45) is 29.4 Å². The van der Waals surface area contributed by atoms with Crippen LogP contribution in [0.1, 0.15) is 159 Å². The quantitative estimate of drug-likeness (QED) is 0.0125. The van der Waals surface area contributed by atoms with E-state index in [0.29, 0.717) is 84.8 Å². The van der Waals surface area contributed by atoms with E-state index in [-0.39, 0.29) is 131 Å². The summed E-state index contributed by atoms with van der Waals surface area (Å²) < 4.78 is 11.2. The van der Waals surface area contributed by atoms with Crippen molar-refractivity contribution in [2.75, 3.05) is 26.2 Å². The second-order valence-electron chi connectivity index (χ2n) is 29.5. The standard InChI is InChI=1S/C27H31ClN2O4.C25H27ClN2O4.C22H25ClN2O3.C14H16ClNO3.C8H11NO.C5H8O2/c1-3-5-12-26(32)34-24(21-10-7-6-8-11-21)19-30-27(33)22(9-4-2)17-25(31)29-18-20-13-15-23(28)16-14-20;26-21-13-11-18(12-14-21)16-27-23(29)15-20-9-5-2-6-10-24(30)32-22(17-28-25(20)31)19-7-3-1-4-8-19;1-2-6-18(13-21(27)24-14-16-9-11-19(23)12-10-16)22(28)25-15-20(26)17-7-4-3-5-8-17;1-2-3-11(14(18)19)8-13(17)16-9-10-4-6-12(15)7-5-10;9-6-8(10)7-4-2-1-3-5-7;1-2-3-4-5(6)7/h3-4,6-8,10-11,13-16,22,24H,1-2,5,9,12,17-19H2,(H,29,31)(H,30,33);1-5,7-8,11-14,20,22H,6,9-10,15-17H2,(H,27,29)(H,28,31);2-5,7-12,18,20,26H,1,6,13-15H2,(H,24,27)(H,25,28);2,4-7,11H,1,3,8-9H2,(H,16,17)(H,18,19);1-5,8,10H,6,9H2;2H,1,3-4H2,(H,6,7)/b;5-2+;;;;/t22-,24-;20-,22-;18-,20-;11-;;/m0000../s1. The van der Waals surface area contributed by atoms with Gasteiger partial charge in [-0.25, -0.2) is 0 Å². The highest BCUT2D eigenvalue weighted by Crippen LogP contribution is 2.24. The SMILES string of the molecule is C=CCCC(=O)O.C=CCCC(=O)O[C@@H](CNC(=O)[C@@H](CC=C)CC(=O)NCc1ccc(Cl)cc1)c1ccccc1.C=CC[C@@H](CC(=O)NCc1ccc(Cl)cc1)C(=O)NC[C@H](O)c1ccccc1.C=CC[C@@H](CC(=O)NCc1ccc(Cl)cc1)C(=O)O.NCC(O)c1ccccc1.O=C(C[C@@H]1C/C=C/CCC(=O)O[C@H](c2ccccc2)CNC1=O)NCc1ccc(Cl)cc1. The van der Waals surface area contributed by atoms with Crippen molar-refractivity contribution >= 4 is 112 Å². The molecule has 130 heavy (non-hydrogen) atoms. The van der Waals surface area contributed by atoms with Crippen LogP contribution in [0.3, 0.4) is 0 Å². The van der Waals surface area contributed by atoms with Crippen molar-refractivity contribution < 1.29 is 82.6 Å². The summed E-state index contributed by atoms with van der Waals surface area (Å²) in [5, 5.41) is 58.4. The van der Waals surface area contributed by atoms with Gasteiger partial charge in [-0.1, -0.05) is 259 Å². The number of allylic oxidation sites excluding steroid dienone is 7. The van der Waals surface area contributed by atoms with Gasteiger partial charge in [-0.3, -0.25) is 52.7 Å². The molecule has 0 radical (unpaired) electrons. The maximum atomic E-state index is 12.9. The van der Waals surface area contributed by atoms with Crippen molar-refractivity contribution in [3.8, 4) is 0 Å². The molecule has 29 heteroatoms. The third-order valence-corrected chi connectivity index (χ3v) is 20.3. The van der Waals surface area contributed by atoms with E-state index in [1.807, 2.05) is 158 Å². The molecule has 8 aromatic rings. The number of aliphatic hydroxyl groups excluding tert-OH is 2. The molecule has 1 unspecified atom stereocenters. The van der Waals surface area contributed by atoms with Gasteiger partial charge in [0.05, 0.1) is 49.0 Å². The molecule has 0 aromatic heterocycles. The number of carbonyl (C=O) groups is 11. The molecule has 0 fully saturated rings. The van der Waals surface area contributed by atoms with Crippen LogP contribution in [0.2, 0.25) is 20.1 Å². The van der Waals surface area contributed by atoms with Gasteiger partial charge in [-0.05, 0) is 138 Å². The van der Waals surface area contributed by atoms with E-state index in [2.05, 4.69) is 70.1 Å². The van der Waals surface area contributed by atoms with Crippen molar-refractivity contribution in [3.05, 3.63) is 358 Å². The van der Waals surface area contributed by atoms with Gasteiger partial charge >= 0.3 is 23.9 Å². The number of amides is 7. The molecule has 1 aliphatic heterocycles. The van der Waals surface area contributed by atoms with E-state index in [0.717, 1.165) is 44.5 Å². The highest BCUT2D eigenvalue weighted by Gasteiger charge is 2.28. The Labute approximate surface area is 781 Å². The average molecular weight is 1860 g/mol. The smallest absolute Gasteiger partial charge is 0.307 e. The second-order valence-corrected chi connectivity index (χ2v) is 31.3. The normalized spacial score (nSPS) is 14.1. The average Bonchev–Trinajstić information content (AvgIpc) is 0.869. The van der Waals surface area contributed by atoms with Crippen molar-refractivity contribution in [1.29, 1.82) is 0 Å². The van der Waals surface area contributed by atoms with Crippen LogP contribution in [0, 0.1) is 23.7 Å². The van der Waals surface area contributed by atoms with E-state index in [1.54, 1.807) is 97.1 Å². The zero-order valence-electron chi connectivity index (χ0n) is 72.7. The van der Waals surface area contributed by atoms with Gasteiger partial charge in [0.2, 0.25) is 41.4 Å². The summed E-state index contributed by atoms with van der Waals surface area (Å²) in [7, 11) is 0. The lowest BCUT2D eigenvalue weighted by Crippen LogP contribution is -2.37. The molecular weight excluding hydrogens is 1740 g/mol. The van der Waals surface area contributed by atoms with Crippen LogP contribution in [-0.2, 0) is 88.4 Å². The molecule has 0 saturated heterocycles. The Morgan fingerprint density at radius 3 is 1.23 bits per heavy atom. The molecule has 13 N–H and O–H groups in total. The van der Waals surface area contributed by atoms with Gasteiger partial charge in [0.15, 0.2) is 0 Å². The molecule has 0 saturated carbocycles. The van der Waals surface area contributed by atoms with Crippen LogP contribution < -0.4 is 43.0 Å². The number of nitrogens with two attached hydrogens (primary N) is 1. The molecule has 1 aliphatic rings. The van der Waals surface area contributed by atoms with Crippen LogP contribution in [0.5, 0.6) is 0 Å². The van der Waals surface area contributed by atoms with Crippen molar-refractivity contribution in [1.82, 2.24) is 37.2 Å². The second kappa shape index (κ2) is 65.0. The minimum Gasteiger partial charge on any atom is -0.481 e. The molecular formula is C101H118Cl4N8O17. The molecule has 25 nitrogen and oxygen atoms in total. The Hall–Kier alpha value is -12.6. The highest BCUT2D eigenvalue weighted by molar-refractivity contribution is 6.31. The topological polar surface area (TPSA) is 397 Å². The first-order valence-electron chi connectivity index (χ1n) is 42.2. The number of cyclic esters (lactones) is 1. The van der Waals surface area contributed by atoms with Crippen LogP contribution in [0.25, 0.3) is 0 Å². The first kappa shape index (κ1) is 110. The third-order valence-electron chi connectivity index (χ3n) is 19.2. The number of carbonyl (C=O) groups excluding carboxylic acids is 9. The maximum Gasteiger partial charge on any atom is 0.307 e. The van der Waals surface area contributed by atoms with Gasteiger partial charge in [0.25, 0.3) is 0 Å². The Bertz CT molecular complexity index is 4830. The number of hydrogen-bond donors (Lipinski definition) is 12. The minimum absolute atomic E-state index is 0.0145. The van der Waals surface area contributed by atoms with E-state index in [4.69, 9.17) is 71.8 Å². The summed E-state index contributed by atoms with van der Waals surface area (Å²) in [6, 6.07) is 65.7. The molecule has 9 rings (SSSR count). The zero-order chi connectivity index (χ0) is 95.2. The molecule has 7 amide bonds. The number of carboxylic acids is 2. The number of aliphatic hydroxyl groups is 2. The van der Waals surface area contributed by atoms with Crippen LogP contribution >= 0.6 is 46.4 Å². The third kappa shape index (κ3) is 48.0. The van der Waals surface area contributed by atoms with Crippen molar-refractivity contribution in [2.45, 2.75) is 140 Å². The minimum atomic E-state index is -0.985. The number of hydrogen-bond acceptors (Lipinski definition) is 16.